The molecule has 33 heavy (non-hydrogen) atoms. The summed E-state index contributed by atoms with van der Waals surface area (Å²) in [4.78, 5) is 32.5. The third kappa shape index (κ3) is 3.56. The van der Waals surface area contributed by atoms with E-state index >= 15 is 0 Å². The van der Waals surface area contributed by atoms with Gasteiger partial charge in [0.15, 0.2) is 5.13 Å². The summed E-state index contributed by atoms with van der Waals surface area (Å²) >= 11 is 1.33. The molecule has 0 radical (unpaired) electrons. The summed E-state index contributed by atoms with van der Waals surface area (Å²) in [6.07, 6.45) is 0. The van der Waals surface area contributed by atoms with Gasteiger partial charge in [-0.25, -0.2) is 4.98 Å². The van der Waals surface area contributed by atoms with E-state index in [1.807, 2.05) is 43.3 Å². The van der Waals surface area contributed by atoms with E-state index in [1.54, 1.807) is 43.5 Å². The van der Waals surface area contributed by atoms with E-state index in [4.69, 9.17) is 4.74 Å². The quantitative estimate of drug-likeness (QED) is 0.258. The van der Waals surface area contributed by atoms with Crippen LogP contribution in [0.4, 0.5) is 5.13 Å². The van der Waals surface area contributed by atoms with Crippen molar-refractivity contribution < 1.29 is 19.4 Å². The van der Waals surface area contributed by atoms with Crippen LogP contribution in [-0.2, 0) is 9.59 Å². The number of nitrogens with zero attached hydrogens (tertiary/aromatic N) is 2. The number of para-hydroxylation sites is 1. The van der Waals surface area contributed by atoms with Crippen LogP contribution in [0.15, 0.2) is 78.4 Å². The maximum atomic E-state index is 13.3. The number of anilines is 1. The Morgan fingerprint density at radius 1 is 1.00 bits per heavy atom. The normalized spacial score (nSPS) is 17.6. The van der Waals surface area contributed by atoms with Crippen molar-refractivity contribution in [3.05, 3.63) is 95.1 Å². The van der Waals surface area contributed by atoms with Crippen molar-refractivity contribution in [2.75, 3.05) is 12.0 Å². The molecule has 0 spiro atoms. The fraction of sp³-hybridized carbons (Fsp3) is 0.115. The molecule has 1 fully saturated rings. The molecule has 0 aliphatic carbocycles. The standard InChI is InChI=1S/C26H20N2O4S/c1-15-7-9-17(10-8-15)23(29)21-22(16-11-13-18(32-2)14-12-16)28(25(31)24(21)30)26-27-19-5-3-4-6-20(19)33-26/h3-14,22,29H,1-2H3/b23-21+/t22-/m1/s1. The molecule has 3 aromatic carbocycles. The number of thiazole rings is 1. The molecule has 1 aliphatic rings. The number of rotatable bonds is 4. The Morgan fingerprint density at radius 2 is 1.70 bits per heavy atom. The minimum absolute atomic E-state index is 0.0354. The van der Waals surface area contributed by atoms with E-state index in [1.165, 1.54) is 16.2 Å². The molecule has 1 saturated heterocycles. The number of ether oxygens (including phenoxy) is 1. The first-order chi connectivity index (χ1) is 16.0. The molecule has 1 N–H and O–H groups in total. The second-order valence-electron chi connectivity index (χ2n) is 7.77. The number of aromatic nitrogens is 1. The first-order valence-corrected chi connectivity index (χ1v) is 11.2. The van der Waals surface area contributed by atoms with Crippen molar-refractivity contribution in [2.24, 2.45) is 0 Å². The van der Waals surface area contributed by atoms with Crippen molar-refractivity contribution in [1.82, 2.24) is 4.98 Å². The molecule has 0 saturated carbocycles. The molecule has 6 nitrogen and oxygen atoms in total. The van der Waals surface area contributed by atoms with Crippen molar-refractivity contribution in [3.8, 4) is 5.75 Å². The van der Waals surface area contributed by atoms with Crippen molar-refractivity contribution in [1.29, 1.82) is 0 Å². The van der Waals surface area contributed by atoms with Gasteiger partial charge < -0.3 is 9.84 Å². The number of amides is 1. The van der Waals surface area contributed by atoms with Crippen LogP contribution < -0.4 is 9.64 Å². The van der Waals surface area contributed by atoms with Crippen LogP contribution in [-0.4, -0.2) is 28.9 Å². The van der Waals surface area contributed by atoms with Crippen LogP contribution in [0.2, 0.25) is 0 Å². The first-order valence-electron chi connectivity index (χ1n) is 10.4. The van der Waals surface area contributed by atoms with E-state index in [9.17, 15) is 14.7 Å². The van der Waals surface area contributed by atoms with Gasteiger partial charge in [0.05, 0.1) is 28.9 Å². The summed E-state index contributed by atoms with van der Waals surface area (Å²) in [6, 6.07) is 21.0. The van der Waals surface area contributed by atoms with E-state index in [0.717, 1.165) is 15.8 Å². The second kappa shape index (κ2) is 8.18. The third-order valence-corrected chi connectivity index (χ3v) is 6.73. The Kier molecular flexibility index (Phi) is 5.18. The molecule has 0 unspecified atom stereocenters. The fourth-order valence-electron chi connectivity index (χ4n) is 3.96. The third-order valence-electron chi connectivity index (χ3n) is 5.69. The lowest BCUT2D eigenvalue weighted by atomic mass is 9.95. The van der Waals surface area contributed by atoms with E-state index in [0.29, 0.717) is 22.0 Å². The highest BCUT2D eigenvalue weighted by atomic mass is 32.1. The van der Waals surface area contributed by atoms with Gasteiger partial charge in [-0.05, 0) is 36.8 Å². The topological polar surface area (TPSA) is 79.7 Å². The predicted octanol–water partition coefficient (Wildman–Crippen LogP) is 5.24. The lowest BCUT2D eigenvalue weighted by molar-refractivity contribution is -0.132. The molecule has 7 heteroatoms. The first kappa shape index (κ1) is 20.9. The number of benzene rings is 3. The predicted molar refractivity (Wildman–Crippen MR) is 129 cm³/mol. The molecular weight excluding hydrogens is 436 g/mol. The highest BCUT2D eigenvalue weighted by Gasteiger charge is 2.48. The number of carbonyl (C=O) groups is 2. The SMILES string of the molecule is COc1ccc([C@@H]2/C(=C(\O)c3ccc(C)cc3)C(=O)C(=O)N2c2nc3ccccc3s2)cc1. The van der Waals surface area contributed by atoms with Crippen LogP contribution in [0.25, 0.3) is 16.0 Å². The molecule has 1 amide bonds. The Morgan fingerprint density at radius 3 is 2.36 bits per heavy atom. The Bertz CT molecular complexity index is 1370. The number of fused-ring (bicyclic) bond motifs is 1. The Balaban J connectivity index is 1.72. The van der Waals surface area contributed by atoms with Crippen molar-refractivity contribution in [2.45, 2.75) is 13.0 Å². The van der Waals surface area contributed by atoms with Crippen LogP contribution in [0.1, 0.15) is 22.7 Å². The molecular formula is C26H20N2O4S. The zero-order valence-corrected chi connectivity index (χ0v) is 18.8. The summed E-state index contributed by atoms with van der Waals surface area (Å²) in [5, 5.41) is 11.6. The number of carbonyl (C=O) groups excluding carboxylic acids is 2. The van der Waals surface area contributed by atoms with Gasteiger partial charge in [0, 0.05) is 5.56 Å². The van der Waals surface area contributed by atoms with Gasteiger partial charge >= 0.3 is 5.91 Å². The molecule has 2 heterocycles. The van der Waals surface area contributed by atoms with Crippen molar-refractivity contribution in [3.63, 3.8) is 0 Å². The summed E-state index contributed by atoms with van der Waals surface area (Å²) in [7, 11) is 1.57. The number of methoxy groups -OCH3 is 1. The maximum Gasteiger partial charge on any atom is 0.301 e. The van der Waals surface area contributed by atoms with Gasteiger partial charge in [-0.1, -0.05) is 65.4 Å². The number of aliphatic hydroxyl groups excluding tert-OH is 1. The smallest absolute Gasteiger partial charge is 0.301 e. The van der Waals surface area contributed by atoms with Crippen LogP contribution in [0, 0.1) is 6.92 Å². The summed E-state index contributed by atoms with van der Waals surface area (Å²) in [6.45, 7) is 1.94. The highest BCUT2D eigenvalue weighted by molar-refractivity contribution is 7.22. The number of hydrogen-bond acceptors (Lipinski definition) is 6. The van der Waals surface area contributed by atoms with Crippen LogP contribution in [0.3, 0.4) is 0 Å². The summed E-state index contributed by atoms with van der Waals surface area (Å²) in [5.41, 5.74) is 2.94. The van der Waals surface area contributed by atoms with Gasteiger partial charge in [0.1, 0.15) is 11.5 Å². The molecule has 1 aliphatic heterocycles. The summed E-state index contributed by atoms with van der Waals surface area (Å²) in [5.74, 6) is -1.02. The van der Waals surface area contributed by atoms with E-state index in [-0.39, 0.29) is 11.3 Å². The number of ketones is 1. The van der Waals surface area contributed by atoms with Crippen LogP contribution in [0.5, 0.6) is 5.75 Å². The molecule has 1 aromatic heterocycles. The van der Waals surface area contributed by atoms with Crippen LogP contribution >= 0.6 is 11.3 Å². The highest BCUT2D eigenvalue weighted by Crippen LogP contribution is 2.44. The second-order valence-corrected chi connectivity index (χ2v) is 8.78. The fourth-order valence-corrected chi connectivity index (χ4v) is 4.95. The van der Waals surface area contributed by atoms with Gasteiger partial charge in [-0.2, -0.15) is 0 Å². The van der Waals surface area contributed by atoms with Gasteiger partial charge in [0.25, 0.3) is 5.78 Å². The Labute approximate surface area is 194 Å². The molecule has 0 bridgehead atoms. The zero-order valence-electron chi connectivity index (χ0n) is 18.0. The van der Waals surface area contributed by atoms with E-state index < -0.39 is 17.7 Å². The average Bonchev–Trinajstić information content (AvgIpc) is 3.37. The molecule has 1 atom stereocenters. The van der Waals surface area contributed by atoms with E-state index in [2.05, 4.69) is 4.98 Å². The van der Waals surface area contributed by atoms with Gasteiger partial charge in [0.2, 0.25) is 0 Å². The number of aryl methyl sites for hydroxylation is 1. The Hall–Kier alpha value is -3.97. The summed E-state index contributed by atoms with van der Waals surface area (Å²) < 4.78 is 6.17. The number of hydrogen-bond donors (Lipinski definition) is 1. The lowest BCUT2D eigenvalue weighted by Crippen LogP contribution is -2.29. The lowest BCUT2D eigenvalue weighted by Gasteiger charge is -2.23. The van der Waals surface area contributed by atoms with Crippen molar-refractivity contribution >= 4 is 44.1 Å². The number of aliphatic hydroxyl groups is 1. The van der Waals surface area contributed by atoms with Gasteiger partial charge in [-0.3, -0.25) is 14.5 Å². The molecule has 4 aromatic rings. The molecule has 164 valence electrons. The maximum absolute atomic E-state index is 13.3. The van der Waals surface area contributed by atoms with Gasteiger partial charge in [-0.15, -0.1) is 0 Å². The average molecular weight is 457 g/mol. The number of Topliss-reactive ketones (excluding diaryl/α,β-unsaturated/α-hetero) is 1. The minimum Gasteiger partial charge on any atom is -0.507 e. The largest absolute Gasteiger partial charge is 0.507 e. The zero-order chi connectivity index (χ0) is 23.1. The molecule has 5 rings (SSSR count). The minimum atomic E-state index is -0.822. The monoisotopic (exact) mass is 456 g/mol.